The minimum Gasteiger partial charge on any atom is -0.481 e. The molecule has 1 heterocycles. The van der Waals surface area contributed by atoms with Crippen molar-refractivity contribution in [1.82, 2.24) is 10.2 Å². The largest absolute Gasteiger partial charge is 0.481 e. The van der Waals surface area contributed by atoms with Gasteiger partial charge in [-0.2, -0.15) is 0 Å². The maximum Gasteiger partial charge on any atom is 0.263 e. The molecular formula is C18H29ClN2O2. The van der Waals surface area contributed by atoms with Gasteiger partial charge in [-0.3, -0.25) is 4.79 Å². The molecule has 4 nitrogen and oxygen atoms in total. The van der Waals surface area contributed by atoms with Crippen LogP contribution in [0.1, 0.15) is 39.7 Å². The Labute approximate surface area is 146 Å². The molecule has 2 rings (SSSR count). The summed E-state index contributed by atoms with van der Waals surface area (Å²) in [5.74, 6) is 0.793. The first-order valence-electron chi connectivity index (χ1n) is 8.03. The maximum atomic E-state index is 12.5. The molecule has 2 unspecified atom stereocenters. The quantitative estimate of drug-likeness (QED) is 0.916. The number of likely N-dealkylation sites (N-methyl/N-ethyl adjacent to an activating group) is 1. The topological polar surface area (TPSA) is 41.6 Å². The number of hydrogen-bond donors (Lipinski definition) is 1. The summed E-state index contributed by atoms with van der Waals surface area (Å²) in [6, 6.07) is 8.30. The van der Waals surface area contributed by atoms with Gasteiger partial charge in [0.05, 0.1) is 0 Å². The van der Waals surface area contributed by atoms with Crippen LogP contribution in [-0.4, -0.2) is 43.1 Å². The zero-order valence-electron chi connectivity index (χ0n) is 14.8. The van der Waals surface area contributed by atoms with Gasteiger partial charge in [-0.15, -0.1) is 12.4 Å². The van der Waals surface area contributed by atoms with Crippen molar-refractivity contribution in [1.29, 1.82) is 0 Å². The molecule has 5 heteroatoms. The van der Waals surface area contributed by atoms with E-state index in [4.69, 9.17) is 4.74 Å². The van der Waals surface area contributed by atoms with E-state index in [1.807, 2.05) is 37.1 Å². The zero-order valence-corrected chi connectivity index (χ0v) is 15.6. The Morgan fingerprint density at radius 1 is 1.39 bits per heavy atom. The molecule has 0 bridgehead atoms. The lowest BCUT2D eigenvalue weighted by atomic mass is 9.87. The lowest BCUT2D eigenvalue weighted by Crippen LogP contribution is -2.44. The first-order chi connectivity index (χ1) is 10.3. The van der Waals surface area contributed by atoms with E-state index in [1.165, 1.54) is 5.56 Å². The van der Waals surface area contributed by atoms with Crippen molar-refractivity contribution in [2.24, 2.45) is 0 Å². The third kappa shape index (κ3) is 5.11. The van der Waals surface area contributed by atoms with E-state index in [1.54, 1.807) is 0 Å². The lowest BCUT2D eigenvalue weighted by Gasteiger charge is -2.27. The van der Waals surface area contributed by atoms with Crippen molar-refractivity contribution in [2.75, 3.05) is 20.1 Å². The van der Waals surface area contributed by atoms with Crippen molar-refractivity contribution in [2.45, 2.75) is 51.7 Å². The van der Waals surface area contributed by atoms with Gasteiger partial charge in [-0.1, -0.05) is 32.9 Å². The second-order valence-electron chi connectivity index (χ2n) is 7.13. The van der Waals surface area contributed by atoms with Crippen LogP contribution in [0.25, 0.3) is 0 Å². The van der Waals surface area contributed by atoms with E-state index in [9.17, 15) is 4.79 Å². The highest BCUT2D eigenvalue weighted by molar-refractivity contribution is 5.85. The van der Waals surface area contributed by atoms with E-state index in [-0.39, 0.29) is 29.8 Å². The molecule has 23 heavy (non-hydrogen) atoms. The third-order valence-corrected chi connectivity index (χ3v) is 4.29. The van der Waals surface area contributed by atoms with Crippen LogP contribution in [0.5, 0.6) is 5.75 Å². The Bertz CT molecular complexity index is 522. The van der Waals surface area contributed by atoms with Crippen LogP contribution in [-0.2, 0) is 10.2 Å². The third-order valence-electron chi connectivity index (χ3n) is 4.29. The first-order valence-corrected chi connectivity index (χ1v) is 8.03. The number of carbonyl (C=O) groups is 1. The zero-order chi connectivity index (χ0) is 16.3. The number of nitrogens with one attached hydrogen (secondary N) is 1. The van der Waals surface area contributed by atoms with E-state index >= 15 is 0 Å². The molecule has 1 aliphatic rings. The summed E-state index contributed by atoms with van der Waals surface area (Å²) < 4.78 is 5.88. The molecule has 0 radical (unpaired) electrons. The lowest BCUT2D eigenvalue weighted by molar-refractivity contribution is -0.138. The average Bonchev–Trinajstić information content (AvgIpc) is 2.99. The van der Waals surface area contributed by atoms with Crippen LogP contribution >= 0.6 is 12.4 Å². The maximum absolute atomic E-state index is 12.5. The van der Waals surface area contributed by atoms with Crippen LogP contribution < -0.4 is 10.1 Å². The van der Waals surface area contributed by atoms with Gasteiger partial charge in [0.2, 0.25) is 0 Å². The summed E-state index contributed by atoms with van der Waals surface area (Å²) in [6.45, 7) is 10.2. The SMILES string of the molecule is CC(Oc1cccc(C(C)(C)C)c1)C(=O)N(C)C1CCNC1.Cl. The number of benzene rings is 1. The highest BCUT2D eigenvalue weighted by Gasteiger charge is 2.27. The van der Waals surface area contributed by atoms with Gasteiger partial charge in [0.1, 0.15) is 5.75 Å². The monoisotopic (exact) mass is 340 g/mol. The number of nitrogens with zero attached hydrogens (tertiary/aromatic N) is 1. The molecule has 1 amide bonds. The van der Waals surface area contributed by atoms with Crippen molar-refractivity contribution in [3.63, 3.8) is 0 Å². The molecule has 1 fully saturated rings. The molecule has 0 spiro atoms. The van der Waals surface area contributed by atoms with Gasteiger partial charge in [-0.25, -0.2) is 0 Å². The van der Waals surface area contributed by atoms with Crippen LogP contribution in [0.3, 0.4) is 0 Å². The first kappa shape index (κ1) is 19.8. The van der Waals surface area contributed by atoms with Gasteiger partial charge in [0.25, 0.3) is 5.91 Å². The number of rotatable bonds is 4. The fourth-order valence-electron chi connectivity index (χ4n) is 2.73. The molecule has 1 aromatic rings. The smallest absolute Gasteiger partial charge is 0.263 e. The van der Waals surface area contributed by atoms with Gasteiger partial charge < -0.3 is 15.0 Å². The molecule has 2 atom stereocenters. The minimum absolute atomic E-state index is 0. The summed E-state index contributed by atoms with van der Waals surface area (Å²) in [7, 11) is 1.87. The summed E-state index contributed by atoms with van der Waals surface area (Å²) in [5, 5.41) is 3.29. The van der Waals surface area contributed by atoms with Gasteiger partial charge in [0.15, 0.2) is 6.10 Å². The molecule has 1 N–H and O–H groups in total. The highest BCUT2D eigenvalue weighted by atomic mass is 35.5. The van der Waals surface area contributed by atoms with Crippen LogP contribution in [0.4, 0.5) is 0 Å². The second-order valence-corrected chi connectivity index (χ2v) is 7.13. The van der Waals surface area contributed by atoms with Crippen molar-refractivity contribution >= 4 is 18.3 Å². The molecule has 0 saturated carbocycles. The Hall–Kier alpha value is -1.26. The Balaban J connectivity index is 0.00000264. The second kappa shape index (κ2) is 8.02. The number of ether oxygens (including phenoxy) is 1. The fourth-order valence-corrected chi connectivity index (χ4v) is 2.73. The summed E-state index contributed by atoms with van der Waals surface area (Å²) in [5.41, 5.74) is 1.27. The van der Waals surface area contributed by atoms with Gasteiger partial charge >= 0.3 is 0 Å². The molecule has 130 valence electrons. The van der Waals surface area contributed by atoms with Crippen LogP contribution in [0.2, 0.25) is 0 Å². The molecule has 1 saturated heterocycles. The summed E-state index contributed by atoms with van der Waals surface area (Å²) in [6.07, 6.45) is 0.537. The number of hydrogen-bond acceptors (Lipinski definition) is 3. The Morgan fingerprint density at radius 3 is 2.65 bits per heavy atom. The number of halogens is 1. The Morgan fingerprint density at radius 2 is 2.09 bits per heavy atom. The van der Waals surface area contributed by atoms with Crippen molar-refractivity contribution in [3.8, 4) is 5.75 Å². The fraction of sp³-hybridized carbons (Fsp3) is 0.611. The normalized spacial score (nSPS) is 18.9. The molecule has 0 aliphatic carbocycles. The average molecular weight is 341 g/mol. The van der Waals surface area contributed by atoms with E-state index in [2.05, 4.69) is 32.2 Å². The van der Waals surface area contributed by atoms with E-state index in [0.29, 0.717) is 0 Å². The predicted molar refractivity (Wildman–Crippen MR) is 96.5 cm³/mol. The van der Waals surface area contributed by atoms with Crippen LogP contribution in [0, 0.1) is 0 Å². The summed E-state index contributed by atoms with van der Waals surface area (Å²) in [4.78, 5) is 14.3. The highest BCUT2D eigenvalue weighted by Crippen LogP contribution is 2.26. The van der Waals surface area contributed by atoms with Crippen molar-refractivity contribution in [3.05, 3.63) is 29.8 Å². The van der Waals surface area contributed by atoms with E-state index in [0.717, 1.165) is 25.3 Å². The number of amides is 1. The van der Waals surface area contributed by atoms with Crippen LogP contribution in [0.15, 0.2) is 24.3 Å². The molecule has 0 aromatic heterocycles. The summed E-state index contributed by atoms with van der Waals surface area (Å²) >= 11 is 0. The van der Waals surface area contributed by atoms with E-state index < -0.39 is 6.10 Å². The Kier molecular flexibility index (Phi) is 6.90. The predicted octanol–water partition coefficient (Wildman–Crippen LogP) is 2.99. The van der Waals surface area contributed by atoms with Gasteiger partial charge in [-0.05, 0) is 43.0 Å². The minimum atomic E-state index is -0.471. The van der Waals surface area contributed by atoms with Crippen molar-refractivity contribution < 1.29 is 9.53 Å². The number of carbonyl (C=O) groups excluding carboxylic acids is 1. The molecular weight excluding hydrogens is 312 g/mol. The molecule has 1 aromatic carbocycles. The van der Waals surface area contributed by atoms with Gasteiger partial charge in [0, 0.05) is 19.6 Å². The molecule has 1 aliphatic heterocycles. The standard InChI is InChI=1S/C18H28N2O2.ClH/c1-13(17(21)20(5)15-9-10-19-12-15)22-16-8-6-7-14(11-16)18(2,3)4;/h6-8,11,13,15,19H,9-10,12H2,1-5H3;1H.